The van der Waals surface area contributed by atoms with Crippen LogP contribution in [0.5, 0.6) is 0 Å². The first-order chi connectivity index (χ1) is 9.63. The van der Waals surface area contributed by atoms with Gasteiger partial charge in [-0.1, -0.05) is 13.0 Å². The smallest absolute Gasteiger partial charge is 0.201 e. The fourth-order valence-electron chi connectivity index (χ4n) is 3.23. The molecule has 3 rings (SSSR count). The number of aromatic nitrogens is 2. The minimum atomic E-state index is 0.592. The van der Waals surface area contributed by atoms with E-state index in [0.717, 1.165) is 24.1 Å². The third kappa shape index (κ3) is 2.66. The second-order valence-corrected chi connectivity index (χ2v) is 6.19. The molecule has 1 unspecified atom stereocenters. The van der Waals surface area contributed by atoms with Gasteiger partial charge in [0.2, 0.25) is 5.95 Å². The third-order valence-electron chi connectivity index (χ3n) is 4.20. The van der Waals surface area contributed by atoms with E-state index in [-0.39, 0.29) is 0 Å². The van der Waals surface area contributed by atoms with Crippen molar-refractivity contribution in [3.05, 3.63) is 23.8 Å². The quantitative estimate of drug-likeness (QED) is 0.931. The molecule has 0 aliphatic carbocycles. The van der Waals surface area contributed by atoms with Gasteiger partial charge in [0.25, 0.3) is 0 Å². The van der Waals surface area contributed by atoms with Crippen LogP contribution in [0.25, 0.3) is 11.0 Å². The van der Waals surface area contributed by atoms with Gasteiger partial charge in [-0.15, -0.1) is 0 Å². The van der Waals surface area contributed by atoms with Gasteiger partial charge >= 0.3 is 0 Å². The SMILES string of the molecule is Cc1ccc2c(c1)nc(N)n2CC(C)CN1CCCC1. The van der Waals surface area contributed by atoms with Crippen molar-refractivity contribution < 1.29 is 0 Å². The van der Waals surface area contributed by atoms with Gasteiger partial charge in [-0.2, -0.15) is 0 Å². The Labute approximate surface area is 120 Å². The van der Waals surface area contributed by atoms with Crippen LogP contribution in [0.4, 0.5) is 5.95 Å². The zero-order valence-corrected chi connectivity index (χ0v) is 12.5. The molecule has 0 bridgehead atoms. The highest BCUT2D eigenvalue weighted by atomic mass is 15.2. The van der Waals surface area contributed by atoms with Gasteiger partial charge in [0.15, 0.2) is 0 Å². The lowest BCUT2D eigenvalue weighted by molar-refractivity contribution is 0.273. The molecule has 1 aromatic carbocycles. The van der Waals surface area contributed by atoms with E-state index in [2.05, 4.69) is 46.5 Å². The predicted molar refractivity (Wildman–Crippen MR) is 83.7 cm³/mol. The number of nitrogen functional groups attached to an aromatic ring is 1. The van der Waals surface area contributed by atoms with Crippen LogP contribution in [0, 0.1) is 12.8 Å². The fraction of sp³-hybridized carbons (Fsp3) is 0.562. The first kappa shape index (κ1) is 13.4. The number of aryl methyl sites for hydroxylation is 1. The predicted octanol–water partition coefficient (Wildman–Crippen LogP) is 2.66. The molecule has 20 heavy (non-hydrogen) atoms. The van der Waals surface area contributed by atoms with Crippen LogP contribution in [-0.4, -0.2) is 34.1 Å². The summed E-state index contributed by atoms with van der Waals surface area (Å²) in [5.41, 5.74) is 9.49. The van der Waals surface area contributed by atoms with Crippen molar-refractivity contribution in [1.82, 2.24) is 14.5 Å². The van der Waals surface area contributed by atoms with Gasteiger partial charge in [0, 0.05) is 13.1 Å². The van der Waals surface area contributed by atoms with Gasteiger partial charge in [0.05, 0.1) is 11.0 Å². The second kappa shape index (κ2) is 5.44. The topological polar surface area (TPSA) is 47.1 Å². The molecular formula is C16H24N4. The summed E-state index contributed by atoms with van der Waals surface area (Å²) >= 11 is 0. The second-order valence-electron chi connectivity index (χ2n) is 6.19. The molecule has 1 aliphatic rings. The van der Waals surface area contributed by atoms with E-state index in [1.54, 1.807) is 0 Å². The molecule has 2 aromatic rings. The van der Waals surface area contributed by atoms with Crippen molar-refractivity contribution in [3.8, 4) is 0 Å². The molecule has 1 fully saturated rings. The van der Waals surface area contributed by atoms with Crippen LogP contribution in [-0.2, 0) is 6.54 Å². The Morgan fingerprint density at radius 1 is 1.25 bits per heavy atom. The monoisotopic (exact) mass is 272 g/mol. The summed E-state index contributed by atoms with van der Waals surface area (Å²) in [6.45, 7) is 9.00. The van der Waals surface area contributed by atoms with Crippen molar-refractivity contribution >= 4 is 17.0 Å². The first-order valence-corrected chi connectivity index (χ1v) is 7.58. The highest BCUT2D eigenvalue weighted by Crippen LogP contribution is 2.21. The lowest BCUT2D eigenvalue weighted by Gasteiger charge is -2.21. The van der Waals surface area contributed by atoms with Crippen LogP contribution in [0.2, 0.25) is 0 Å². The molecule has 0 radical (unpaired) electrons. The van der Waals surface area contributed by atoms with Crippen LogP contribution < -0.4 is 5.73 Å². The van der Waals surface area contributed by atoms with Crippen molar-refractivity contribution in [1.29, 1.82) is 0 Å². The van der Waals surface area contributed by atoms with Crippen molar-refractivity contribution in [2.75, 3.05) is 25.4 Å². The first-order valence-electron chi connectivity index (χ1n) is 7.58. The van der Waals surface area contributed by atoms with Gasteiger partial charge < -0.3 is 15.2 Å². The maximum Gasteiger partial charge on any atom is 0.201 e. The molecule has 4 nitrogen and oxygen atoms in total. The van der Waals surface area contributed by atoms with Crippen LogP contribution in [0.15, 0.2) is 18.2 Å². The average Bonchev–Trinajstić information content (AvgIpc) is 2.98. The van der Waals surface area contributed by atoms with E-state index in [0.29, 0.717) is 11.9 Å². The number of likely N-dealkylation sites (tertiary alicyclic amines) is 1. The summed E-state index contributed by atoms with van der Waals surface area (Å²) in [6.07, 6.45) is 2.70. The Hall–Kier alpha value is -1.55. The highest BCUT2D eigenvalue weighted by molar-refractivity contribution is 5.79. The number of hydrogen-bond donors (Lipinski definition) is 1. The largest absolute Gasteiger partial charge is 0.369 e. The number of anilines is 1. The van der Waals surface area contributed by atoms with Crippen LogP contribution >= 0.6 is 0 Å². The molecule has 2 heterocycles. The zero-order valence-electron chi connectivity index (χ0n) is 12.5. The summed E-state index contributed by atoms with van der Waals surface area (Å²) < 4.78 is 2.16. The summed E-state index contributed by atoms with van der Waals surface area (Å²) in [7, 11) is 0. The standard InChI is InChI=1S/C16H24N4/c1-12-5-6-15-14(9-12)18-16(17)20(15)11-13(2)10-19-7-3-4-8-19/h5-6,9,13H,3-4,7-8,10-11H2,1-2H3,(H2,17,18). The minimum absolute atomic E-state index is 0.592. The maximum atomic E-state index is 6.10. The molecule has 0 amide bonds. The molecule has 1 aliphatic heterocycles. The fourth-order valence-corrected chi connectivity index (χ4v) is 3.23. The summed E-state index contributed by atoms with van der Waals surface area (Å²) in [5.74, 6) is 1.23. The number of nitrogens with zero attached hydrogens (tertiary/aromatic N) is 3. The lowest BCUT2D eigenvalue weighted by atomic mass is 10.1. The molecule has 0 saturated carbocycles. The Bertz CT molecular complexity index is 596. The van der Waals surface area contributed by atoms with E-state index in [9.17, 15) is 0 Å². The van der Waals surface area contributed by atoms with Gasteiger partial charge in [-0.3, -0.25) is 0 Å². The number of nitrogens with two attached hydrogens (primary N) is 1. The normalized spacial score (nSPS) is 17.9. The minimum Gasteiger partial charge on any atom is -0.369 e. The van der Waals surface area contributed by atoms with E-state index >= 15 is 0 Å². The number of fused-ring (bicyclic) bond motifs is 1. The highest BCUT2D eigenvalue weighted by Gasteiger charge is 2.17. The number of imidazole rings is 1. The van der Waals surface area contributed by atoms with E-state index in [4.69, 9.17) is 5.73 Å². The number of rotatable bonds is 4. The molecule has 2 N–H and O–H groups in total. The molecule has 0 spiro atoms. The Morgan fingerprint density at radius 3 is 2.75 bits per heavy atom. The van der Waals surface area contributed by atoms with E-state index in [1.807, 2.05) is 0 Å². The summed E-state index contributed by atoms with van der Waals surface area (Å²) in [4.78, 5) is 7.05. The van der Waals surface area contributed by atoms with Crippen LogP contribution in [0.3, 0.4) is 0 Å². The van der Waals surface area contributed by atoms with Crippen molar-refractivity contribution in [3.63, 3.8) is 0 Å². The lowest BCUT2D eigenvalue weighted by Crippen LogP contribution is -2.27. The molecule has 108 valence electrons. The Morgan fingerprint density at radius 2 is 2.00 bits per heavy atom. The zero-order chi connectivity index (χ0) is 14.1. The third-order valence-corrected chi connectivity index (χ3v) is 4.20. The number of benzene rings is 1. The van der Waals surface area contributed by atoms with Gasteiger partial charge in [-0.05, 0) is 56.5 Å². The van der Waals surface area contributed by atoms with Crippen LogP contribution in [0.1, 0.15) is 25.3 Å². The molecule has 1 aromatic heterocycles. The molecule has 4 heteroatoms. The molecule has 1 saturated heterocycles. The van der Waals surface area contributed by atoms with E-state index < -0.39 is 0 Å². The van der Waals surface area contributed by atoms with Crippen molar-refractivity contribution in [2.24, 2.45) is 5.92 Å². The van der Waals surface area contributed by atoms with Gasteiger partial charge in [-0.25, -0.2) is 4.98 Å². The Balaban J connectivity index is 1.77. The number of hydrogen-bond acceptors (Lipinski definition) is 3. The van der Waals surface area contributed by atoms with Crippen molar-refractivity contribution in [2.45, 2.75) is 33.2 Å². The Kier molecular flexibility index (Phi) is 3.66. The average molecular weight is 272 g/mol. The van der Waals surface area contributed by atoms with E-state index in [1.165, 1.54) is 31.5 Å². The summed E-state index contributed by atoms with van der Waals surface area (Å²) in [6, 6.07) is 6.37. The summed E-state index contributed by atoms with van der Waals surface area (Å²) in [5, 5.41) is 0. The molecular weight excluding hydrogens is 248 g/mol. The maximum absolute atomic E-state index is 6.10. The molecule has 1 atom stereocenters. The van der Waals surface area contributed by atoms with Gasteiger partial charge in [0.1, 0.15) is 0 Å².